The smallest absolute Gasteiger partial charge is 0.272 e. The summed E-state index contributed by atoms with van der Waals surface area (Å²) >= 11 is 0. The van der Waals surface area contributed by atoms with Gasteiger partial charge in [-0.05, 0) is 24.3 Å². The van der Waals surface area contributed by atoms with Crippen molar-refractivity contribution in [3.63, 3.8) is 0 Å². The fraction of sp³-hybridized carbons (Fsp3) is 0.143. The second kappa shape index (κ2) is 8.10. The normalized spacial score (nSPS) is 14.2. The molecule has 1 N–H and O–H groups in total. The van der Waals surface area contributed by atoms with Gasteiger partial charge in [-0.15, -0.1) is 0 Å². The van der Waals surface area contributed by atoms with E-state index < -0.39 is 0 Å². The summed E-state index contributed by atoms with van der Waals surface area (Å²) in [6, 6.07) is 30.6. The number of rotatable bonds is 3. The lowest BCUT2D eigenvalue weighted by Gasteiger charge is -2.36. The standard InChI is InChI=1S/C28H24N4O/c33-28(32-17-15-31(16-18-32)21-11-5-2-6-12-21)25-19-23-22-13-7-8-14-24(22)29-27(23)26(30-25)20-9-3-1-4-10-20/h1-14,19,29H,15-18H2. The number of amides is 1. The molecule has 5 heteroatoms. The molecule has 162 valence electrons. The zero-order chi connectivity index (χ0) is 22.2. The molecule has 5 aromatic rings. The van der Waals surface area contributed by atoms with Gasteiger partial charge in [-0.1, -0.05) is 66.7 Å². The number of anilines is 1. The van der Waals surface area contributed by atoms with Gasteiger partial charge in [0.2, 0.25) is 0 Å². The first kappa shape index (κ1) is 19.6. The average Bonchev–Trinajstić information content (AvgIpc) is 3.27. The van der Waals surface area contributed by atoms with Crippen LogP contribution in [-0.2, 0) is 0 Å². The number of nitrogens with zero attached hydrogens (tertiary/aromatic N) is 3. The van der Waals surface area contributed by atoms with E-state index in [1.54, 1.807) is 0 Å². The first-order chi connectivity index (χ1) is 16.3. The van der Waals surface area contributed by atoms with E-state index in [0.717, 1.165) is 46.2 Å². The fourth-order valence-corrected chi connectivity index (χ4v) is 4.73. The maximum atomic E-state index is 13.6. The minimum Gasteiger partial charge on any atom is -0.368 e. The quantitative estimate of drug-likeness (QED) is 0.418. The molecule has 3 aromatic carbocycles. The van der Waals surface area contributed by atoms with E-state index in [-0.39, 0.29) is 5.91 Å². The number of H-pyrrole nitrogens is 1. The molecule has 5 nitrogen and oxygen atoms in total. The minimum atomic E-state index is -0.00734. The third kappa shape index (κ3) is 3.52. The number of carbonyl (C=O) groups is 1. The third-order valence-electron chi connectivity index (χ3n) is 6.45. The number of hydrogen-bond acceptors (Lipinski definition) is 3. The Morgan fingerprint density at radius 2 is 1.42 bits per heavy atom. The molecule has 1 saturated heterocycles. The first-order valence-corrected chi connectivity index (χ1v) is 11.3. The molecular weight excluding hydrogens is 408 g/mol. The lowest BCUT2D eigenvalue weighted by atomic mass is 10.1. The van der Waals surface area contributed by atoms with Crippen LogP contribution in [-0.4, -0.2) is 47.0 Å². The van der Waals surface area contributed by atoms with Gasteiger partial charge in [0.15, 0.2) is 0 Å². The summed E-state index contributed by atoms with van der Waals surface area (Å²) in [5.41, 5.74) is 5.53. The third-order valence-corrected chi connectivity index (χ3v) is 6.45. The van der Waals surface area contributed by atoms with Crippen LogP contribution in [0.5, 0.6) is 0 Å². The number of benzene rings is 3. The van der Waals surface area contributed by atoms with Gasteiger partial charge in [-0.3, -0.25) is 4.79 Å². The highest BCUT2D eigenvalue weighted by molar-refractivity contribution is 6.13. The van der Waals surface area contributed by atoms with Crippen molar-refractivity contribution in [2.45, 2.75) is 0 Å². The maximum Gasteiger partial charge on any atom is 0.272 e. The molecule has 0 unspecified atom stereocenters. The molecule has 1 amide bonds. The molecule has 0 atom stereocenters. The van der Waals surface area contributed by atoms with Gasteiger partial charge in [0.25, 0.3) is 5.91 Å². The Balaban J connectivity index is 1.37. The van der Waals surface area contributed by atoms with Crippen molar-refractivity contribution in [2.75, 3.05) is 31.1 Å². The SMILES string of the molecule is O=C(c1cc2c([nH]c3ccccc32)c(-c2ccccc2)n1)N1CCN(c2ccccc2)CC1. The van der Waals surface area contributed by atoms with Gasteiger partial charge >= 0.3 is 0 Å². The lowest BCUT2D eigenvalue weighted by Crippen LogP contribution is -2.49. The Bertz CT molecular complexity index is 1430. The maximum absolute atomic E-state index is 13.6. The Morgan fingerprint density at radius 3 is 2.18 bits per heavy atom. The molecule has 3 heterocycles. The number of nitrogens with one attached hydrogen (secondary N) is 1. The predicted octanol–water partition coefficient (Wildman–Crippen LogP) is 5.35. The van der Waals surface area contributed by atoms with Crippen molar-refractivity contribution >= 4 is 33.4 Å². The van der Waals surface area contributed by atoms with Crippen molar-refractivity contribution in [3.05, 3.63) is 96.7 Å². The van der Waals surface area contributed by atoms with Gasteiger partial charge in [-0.2, -0.15) is 0 Å². The Hall–Kier alpha value is -4.12. The molecule has 1 aliphatic heterocycles. The summed E-state index contributed by atoms with van der Waals surface area (Å²) < 4.78 is 0. The zero-order valence-electron chi connectivity index (χ0n) is 18.2. The summed E-state index contributed by atoms with van der Waals surface area (Å²) in [7, 11) is 0. The zero-order valence-corrected chi connectivity index (χ0v) is 18.2. The summed E-state index contributed by atoms with van der Waals surface area (Å²) in [6.45, 7) is 3.00. The topological polar surface area (TPSA) is 52.2 Å². The number of piperazine rings is 1. The number of pyridine rings is 1. The number of hydrogen-bond donors (Lipinski definition) is 1. The highest BCUT2D eigenvalue weighted by Crippen LogP contribution is 2.33. The first-order valence-electron chi connectivity index (χ1n) is 11.3. The van der Waals surface area contributed by atoms with E-state index >= 15 is 0 Å². The van der Waals surface area contributed by atoms with Gasteiger partial charge in [0.05, 0.1) is 11.2 Å². The van der Waals surface area contributed by atoms with E-state index in [0.29, 0.717) is 18.8 Å². The molecule has 0 saturated carbocycles. The molecule has 6 rings (SSSR count). The Morgan fingerprint density at radius 1 is 0.758 bits per heavy atom. The molecule has 2 aromatic heterocycles. The second-order valence-corrected chi connectivity index (χ2v) is 8.43. The van der Waals surface area contributed by atoms with Gasteiger partial charge in [0, 0.05) is 53.7 Å². The fourth-order valence-electron chi connectivity index (χ4n) is 4.73. The van der Waals surface area contributed by atoms with Gasteiger partial charge in [0.1, 0.15) is 5.69 Å². The number of carbonyl (C=O) groups excluding carboxylic acids is 1. The van der Waals surface area contributed by atoms with Gasteiger partial charge in [-0.25, -0.2) is 4.98 Å². The monoisotopic (exact) mass is 432 g/mol. The van der Waals surface area contributed by atoms with E-state index in [1.807, 2.05) is 59.5 Å². The van der Waals surface area contributed by atoms with Gasteiger partial charge < -0.3 is 14.8 Å². The number of para-hydroxylation sites is 2. The highest BCUT2D eigenvalue weighted by atomic mass is 16.2. The minimum absolute atomic E-state index is 0.00734. The van der Waals surface area contributed by atoms with Crippen LogP contribution in [0.2, 0.25) is 0 Å². The van der Waals surface area contributed by atoms with Crippen LogP contribution in [0.15, 0.2) is 91.0 Å². The van der Waals surface area contributed by atoms with E-state index in [1.165, 1.54) is 5.69 Å². The van der Waals surface area contributed by atoms with Crippen LogP contribution in [0.25, 0.3) is 33.1 Å². The Kier molecular flexibility index (Phi) is 4.80. The van der Waals surface area contributed by atoms with Crippen LogP contribution in [0.4, 0.5) is 5.69 Å². The Labute approximate surface area is 192 Å². The van der Waals surface area contributed by atoms with E-state index in [4.69, 9.17) is 4.98 Å². The average molecular weight is 433 g/mol. The summed E-state index contributed by atoms with van der Waals surface area (Å²) in [5, 5.41) is 2.14. The van der Waals surface area contributed by atoms with Crippen molar-refractivity contribution in [1.82, 2.24) is 14.9 Å². The molecule has 1 aliphatic rings. The molecular formula is C28H24N4O. The largest absolute Gasteiger partial charge is 0.368 e. The lowest BCUT2D eigenvalue weighted by molar-refractivity contribution is 0.0741. The molecule has 0 bridgehead atoms. The van der Waals surface area contributed by atoms with E-state index in [9.17, 15) is 4.79 Å². The van der Waals surface area contributed by atoms with Crippen molar-refractivity contribution in [2.24, 2.45) is 0 Å². The number of aromatic amines is 1. The molecule has 0 aliphatic carbocycles. The molecule has 0 radical (unpaired) electrons. The van der Waals surface area contributed by atoms with E-state index in [2.05, 4.69) is 46.3 Å². The molecule has 0 spiro atoms. The van der Waals surface area contributed by atoms with Crippen molar-refractivity contribution < 1.29 is 4.79 Å². The summed E-state index contributed by atoms with van der Waals surface area (Å²) in [5.74, 6) is -0.00734. The van der Waals surface area contributed by atoms with Crippen molar-refractivity contribution in [1.29, 1.82) is 0 Å². The second-order valence-electron chi connectivity index (χ2n) is 8.43. The predicted molar refractivity (Wildman–Crippen MR) is 134 cm³/mol. The van der Waals surface area contributed by atoms with Crippen LogP contribution >= 0.6 is 0 Å². The highest BCUT2D eigenvalue weighted by Gasteiger charge is 2.25. The molecule has 33 heavy (non-hydrogen) atoms. The van der Waals surface area contributed by atoms with Crippen molar-refractivity contribution in [3.8, 4) is 11.3 Å². The summed E-state index contributed by atoms with van der Waals surface area (Å²) in [6.07, 6.45) is 0. The van der Waals surface area contributed by atoms with Crippen LogP contribution in [0.1, 0.15) is 10.5 Å². The molecule has 1 fully saturated rings. The van der Waals surface area contributed by atoms with Crippen LogP contribution < -0.4 is 4.90 Å². The number of fused-ring (bicyclic) bond motifs is 3. The van der Waals surface area contributed by atoms with Crippen LogP contribution in [0.3, 0.4) is 0 Å². The summed E-state index contributed by atoms with van der Waals surface area (Å²) in [4.78, 5) is 26.2. The van der Waals surface area contributed by atoms with Crippen LogP contribution in [0, 0.1) is 0 Å². The number of aromatic nitrogens is 2.